The highest BCUT2D eigenvalue weighted by Crippen LogP contribution is 2.05. The number of carboxylic acids is 1. The van der Waals surface area contributed by atoms with Gasteiger partial charge >= 0.3 is 11.9 Å². The summed E-state index contributed by atoms with van der Waals surface area (Å²) in [7, 11) is 0. The number of carbonyl (C=O) groups is 3. The molecule has 0 heterocycles. The van der Waals surface area contributed by atoms with Crippen molar-refractivity contribution in [2.24, 2.45) is 11.5 Å². The van der Waals surface area contributed by atoms with Gasteiger partial charge < -0.3 is 30.6 Å². The molecule has 2 atom stereocenters. The molecule has 18 heavy (non-hydrogen) atoms. The van der Waals surface area contributed by atoms with Crippen molar-refractivity contribution in [3.05, 3.63) is 0 Å². The van der Waals surface area contributed by atoms with Crippen LogP contribution in [0.1, 0.15) is 0 Å². The van der Waals surface area contributed by atoms with E-state index in [-0.39, 0.29) is 6.61 Å². The van der Waals surface area contributed by atoms with Crippen LogP contribution in [0.5, 0.6) is 0 Å². The van der Waals surface area contributed by atoms with Gasteiger partial charge in [-0.15, -0.1) is 0 Å². The molecule has 0 saturated heterocycles. The molecular weight excluding hydrogens is 268 g/mol. The number of nitrogens with two attached hydrogens (primary N) is 2. The van der Waals surface area contributed by atoms with E-state index in [1.165, 1.54) is 0 Å². The van der Waals surface area contributed by atoms with Crippen molar-refractivity contribution in [2.75, 3.05) is 19.8 Å². The maximum absolute atomic E-state index is 11.1. The van der Waals surface area contributed by atoms with E-state index in [1.54, 1.807) is 0 Å². The largest absolute Gasteiger partial charge is 0.480 e. The molecule has 0 aromatic rings. The zero-order chi connectivity index (χ0) is 14.1. The molecule has 0 saturated carbocycles. The zero-order valence-electron chi connectivity index (χ0n) is 9.27. The first-order valence-electron chi connectivity index (χ1n) is 4.72. The molecule has 0 aliphatic rings. The third-order valence-corrected chi connectivity index (χ3v) is 2.11. The summed E-state index contributed by atoms with van der Waals surface area (Å²) in [5.41, 5.74) is 10.2. The van der Waals surface area contributed by atoms with Crippen molar-refractivity contribution in [2.45, 2.75) is 12.1 Å². The van der Waals surface area contributed by atoms with Crippen LogP contribution in [0.3, 0.4) is 0 Å². The Kier molecular flexibility index (Phi) is 8.24. The van der Waals surface area contributed by atoms with Crippen LogP contribution in [0.2, 0.25) is 0 Å². The van der Waals surface area contributed by atoms with Gasteiger partial charge in [-0.2, -0.15) is 0 Å². The second kappa shape index (κ2) is 8.83. The monoisotopic (exact) mass is 282 g/mol. The number of hydrogen-bond donors (Lipinski definition) is 4. The average Bonchev–Trinajstić information content (AvgIpc) is 2.34. The second-order valence-corrected chi connectivity index (χ2v) is 3.94. The maximum atomic E-state index is 11.1. The van der Waals surface area contributed by atoms with Crippen molar-refractivity contribution < 1.29 is 33.5 Å². The number of rotatable bonds is 8. The summed E-state index contributed by atoms with van der Waals surface area (Å²) in [6.45, 7) is -1.56. The lowest BCUT2D eigenvalue weighted by Crippen LogP contribution is -2.36. The van der Waals surface area contributed by atoms with Crippen molar-refractivity contribution >= 4 is 29.1 Å². The highest BCUT2D eigenvalue weighted by Gasteiger charge is 2.17. The molecule has 0 radical (unpaired) electrons. The Labute approximate surface area is 107 Å². The smallest absolute Gasteiger partial charge is 0.325 e. The van der Waals surface area contributed by atoms with Crippen LogP contribution in [0.25, 0.3) is 0 Å². The van der Waals surface area contributed by atoms with Crippen LogP contribution in [0.4, 0.5) is 0 Å². The zero-order valence-corrected chi connectivity index (χ0v) is 10.1. The van der Waals surface area contributed by atoms with E-state index in [4.69, 9.17) is 21.7 Å². The molecule has 0 aliphatic carbocycles. The van der Waals surface area contributed by atoms with Gasteiger partial charge in [0.05, 0.1) is 25.3 Å². The molecule has 0 rings (SSSR count). The average molecular weight is 282 g/mol. The minimum atomic E-state index is -1.26. The Hall–Kier alpha value is -1.20. The number of aliphatic carboxylic acids is 1. The van der Waals surface area contributed by atoms with E-state index in [0.717, 1.165) is 0 Å². The van der Waals surface area contributed by atoms with Crippen LogP contribution in [-0.2, 0) is 23.3 Å². The first-order valence-corrected chi connectivity index (χ1v) is 5.46. The van der Waals surface area contributed by atoms with Gasteiger partial charge in [0.25, 0.3) is 5.12 Å². The number of hydrogen-bond acceptors (Lipinski definition) is 9. The number of aliphatic hydroxyl groups excluding tert-OH is 1. The van der Waals surface area contributed by atoms with Gasteiger partial charge in [0, 0.05) is 0 Å². The molecule has 10 heteroatoms. The van der Waals surface area contributed by atoms with E-state index in [0.29, 0.717) is 12.0 Å². The van der Waals surface area contributed by atoms with Crippen molar-refractivity contribution in [1.82, 2.24) is 0 Å². The summed E-state index contributed by atoms with van der Waals surface area (Å²) in [4.78, 5) is 32.3. The summed E-state index contributed by atoms with van der Waals surface area (Å²) in [5, 5.41) is 16.3. The molecule has 0 aliphatic heterocycles. The van der Waals surface area contributed by atoms with Gasteiger partial charge in [0.15, 0.2) is 6.61 Å². The Morgan fingerprint density at radius 1 is 1.22 bits per heavy atom. The summed E-state index contributed by atoms with van der Waals surface area (Å²) in [5.74, 6) is -2.18. The lowest BCUT2D eigenvalue weighted by atomic mass is 10.3. The third-order valence-electron chi connectivity index (χ3n) is 1.55. The Bertz CT molecular complexity index is 312. The van der Waals surface area contributed by atoms with Gasteiger partial charge in [0.2, 0.25) is 0 Å². The molecule has 104 valence electrons. The molecule has 2 unspecified atom stereocenters. The first-order chi connectivity index (χ1) is 8.38. The maximum Gasteiger partial charge on any atom is 0.325 e. The molecule has 6 N–H and O–H groups in total. The number of aliphatic hydroxyl groups is 1. The van der Waals surface area contributed by atoms with E-state index in [1.807, 2.05) is 0 Å². The van der Waals surface area contributed by atoms with Gasteiger partial charge in [-0.1, -0.05) is 0 Å². The van der Waals surface area contributed by atoms with Crippen LogP contribution >= 0.6 is 12.0 Å². The predicted molar refractivity (Wildman–Crippen MR) is 60.2 cm³/mol. The lowest BCUT2D eigenvalue weighted by molar-refractivity contribution is -0.148. The van der Waals surface area contributed by atoms with E-state index < -0.39 is 42.4 Å². The third kappa shape index (κ3) is 7.19. The second-order valence-electron chi connectivity index (χ2n) is 3.08. The fourth-order valence-electron chi connectivity index (χ4n) is 0.580. The fraction of sp³-hybridized carbons (Fsp3) is 0.625. The number of carboxylic acid groups (broad SMARTS) is 1. The highest BCUT2D eigenvalue weighted by molar-refractivity contribution is 8.09. The van der Waals surface area contributed by atoms with Crippen LogP contribution < -0.4 is 11.5 Å². The predicted octanol–water partition coefficient (Wildman–Crippen LogP) is -2.55. The molecule has 0 aromatic heterocycles. The van der Waals surface area contributed by atoms with Crippen LogP contribution in [0, 0.1) is 0 Å². The highest BCUT2D eigenvalue weighted by atomic mass is 32.2. The quantitative estimate of drug-likeness (QED) is 0.275. The standard InChI is InChI=1S/C8H14N2O7S/c9-4(1-11)8(15)16-3-6(12)18-17-2-5(10)7(13)14/h4-5,11H,1-3,9-10H2,(H,13,14). The minimum absolute atomic E-state index is 0.321. The van der Waals surface area contributed by atoms with E-state index >= 15 is 0 Å². The molecular formula is C8H14N2O7S. The minimum Gasteiger partial charge on any atom is -0.480 e. The van der Waals surface area contributed by atoms with Gasteiger partial charge in [-0.05, 0) is 0 Å². The molecule has 0 aromatic carbocycles. The number of carbonyl (C=O) groups excluding carboxylic acids is 2. The SMILES string of the molecule is NC(COSC(=O)COC(=O)C(N)CO)C(=O)O. The molecule has 9 nitrogen and oxygen atoms in total. The summed E-state index contributed by atoms with van der Waals surface area (Å²) >= 11 is 0.321. The fourth-order valence-corrected chi connectivity index (χ4v) is 1.03. The summed E-state index contributed by atoms with van der Waals surface area (Å²) in [6.07, 6.45) is 0. The Morgan fingerprint density at radius 3 is 2.33 bits per heavy atom. The topological polar surface area (TPSA) is 162 Å². The summed E-state index contributed by atoms with van der Waals surface area (Å²) < 4.78 is 9.07. The number of ether oxygens (including phenoxy) is 1. The van der Waals surface area contributed by atoms with Gasteiger partial charge in [-0.25, -0.2) is 0 Å². The van der Waals surface area contributed by atoms with Crippen molar-refractivity contribution in [3.63, 3.8) is 0 Å². The molecule has 0 fully saturated rings. The van der Waals surface area contributed by atoms with Gasteiger partial charge in [-0.3, -0.25) is 14.4 Å². The van der Waals surface area contributed by atoms with E-state index in [9.17, 15) is 14.4 Å². The molecule has 0 spiro atoms. The van der Waals surface area contributed by atoms with Crippen LogP contribution in [0.15, 0.2) is 0 Å². The normalized spacial score (nSPS) is 13.7. The lowest BCUT2D eigenvalue weighted by Gasteiger charge is -2.08. The van der Waals surface area contributed by atoms with Crippen molar-refractivity contribution in [3.8, 4) is 0 Å². The molecule has 0 bridgehead atoms. The van der Waals surface area contributed by atoms with Crippen molar-refractivity contribution in [1.29, 1.82) is 0 Å². The Balaban J connectivity index is 3.73. The Morgan fingerprint density at radius 2 is 1.83 bits per heavy atom. The van der Waals surface area contributed by atoms with Crippen LogP contribution in [-0.4, -0.2) is 59.2 Å². The van der Waals surface area contributed by atoms with E-state index in [2.05, 4.69) is 8.92 Å². The number of esters is 1. The first kappa shape index (κ1) is 16.8. The molecule has 0 amide bonds. The van der Waals surface area contributed by atoms with Gasteiger partial charge in [0.1, 0.15) is 12.1 Å². The summed E-state index contributed by atoms with van der Waals surface area (Å²) in [6, 6.07) is -2.44.